The predicted molar refractivity (Wildman–Crippen MR) is 134 cm³/mol. The van der Waals surface area contributed by atoms with Gasteiger partial charge in [0.15, 0.2) is 0 Å². The molecule has 7 rings (SSSR count). The number of fused-ring (bicyclic) bond motifs is 1. The number of phenols is 1. The maximum absolute atomic E-state index is 13.5. The molecule has 2 N–H and O–H groups in total. The largest absolute Gasteiger partial charge is 0.508 e. The summed E-state index contributed by atoms with van der Waals surface area (Å²) in [5.41, 5.74) is 3.23. The van der Waals surface area contributed by atoms with Gasteiger partial charge in [0.05, 0.1) is 0 Å². The van der Waals surface area contributed by atoms with Crippen LogP contribution in [0.3, 0.4) is 0 Å². The van der Waals surface area contributed by atoms with E-state index < -0.39 is 0 Å². The number of piperidine rings is 1. The molecule has 5 aliphatic rings. The van der Waals surface area contributed by atoms with Crippen LogP contribution in [0.15, 0.2) is 41.3 Å². The third-order valence-corrected chi connectivity index (χ3v) is 10.7. The molecule has 6 heteroatoms. The summed E-state index contributed by atoms with van der Waals surface area (Å²) in [5, 5.41) is 10.6. The standard InChI is InChI=1S/C29H35N3O3/c1-31(27(35)20-8-12-30-26(34)15-20)24-7-10-28-9-6-22(24)29(28)11-13-32(17-18-2-3-18)25(28)14-19-4-5-21(33)16-23(19)29/h4-5,8,12,15-16,18,22,24-25,33H,2-3,6-7,9-11,13-14,17H2,1H3,(H,30,34). The van der Waals surface area contributed by atoms with Crippen molar-refractivity contribution in [3.63, 3.8) is 0 Å². The van der Waals surface area contributed by atoms with Crippen molar-refractivity contribution in [2.75, 3.05) is 20.1 Å². The molecule has 4 fully saturated rings. The third kappa shape index (κ3) is 2.92. The average Bonchev–Trinajstić information content (AvgIpc) is 3.64. The Morgan fingerprint density at radius 3 is 2.77 bits per heavy atom. The molecule has 184 valence electrons. The number of amides is 1. The quantitative estimate of drug-likeness (QED) is 0.710. The maximum Gasteiger partial charge on any atom is 0.254 e. The van der Waals surface area contributed by atoms with E-state index >= 15 is 0 Å². The highest BCUT2D eigenvalue weighted by atomic mass is 16.3. The summed E-state index contributed by atoms with van der Waals surface area (Å²) in [5.74, 6) is 1.55. The molecule has 4 aliphatic carbocycles. The van der Waals surface area contributed by atoms with Gasteiger partial charge in [0.2, 0.25) is 5.56 Å². The minimum atomic E-state index is -0.242. The highest BCUT2D eigenvalue weighted by Gasteiger charge is 2.71. The molecular formula is C29H35N3O3. The number of nitrogens with zero attached hydrogens (tertiary/aromatic N) is 2. The number of aromatic hydroxyl groups is 1. The zero-order chi connectivity index (χ0) is 23.9. The summed E-state index contributed by atoms with van der Waals surface area (Å²) in [6.07, 6.45) is 11.0. The average molecular weight is 474 g/mol. The van der Waals surface area contributed by atoms with Gasteiger partial charge in [-0.3, -0.25) is 14.5 Å². The normalized spacial score (nSPS) is 35.3. The lowest BCUT2D eigenvalue weighted by Crippen LogP contribution is -2.70. The second-order valence-electron chi connectivity index (χ2n) is 12.0. The highest BCUT2D eigenvalue weighted by molar-refractivity contribution is 5.94. The summed E-state index contributed by atoms with van der Waals surface area (Å²) in [6, 6.07) is 9.92. The molecule has 6 nitrogen and oxygen atoms in total. The van der Waals surface area contributed by atoms with Crippen molar-refractivity contribution < 1.29 is 9.90 Å². The second-order valence-corrected chi connectivity index (χ2v) is 12.0. The zero-order valence-electron chi connectivity index (χ0n) is 20.5. The first-order valence-electron chi connectivity index (χ1n) is 13.5. The van der Waals surface area contributed by atoms with Crippen LogP contribution in [0.4, 0.5) is 0 Å². The van der Waals surface area contributed by atoms with E-state index in [0.29, 0.717) is 23.3 Å². The van der Waals surface area contributed by atoms with E-state index in [1.807, 2.05) is 18.0 Å². The van der Waals surface area contributed by atoms with Gasteiger partial charge < -0.3 is 15.0 Å². The summed E-state index contributed by atoms with van der Waals surface area (Å²) in [4.78, 5) is 32.8. The van der Waals surface area contributed by atoms with Crippen molar-refractivity contribution in [1.82, 2.24) is 14.8 Å². The van der Waals surface area contributed by atoms with Crippen molar-refractivity contribution in [2.45, 2.75) is 68.9 Å². The molecule has 3 saturated carbocycles. The molecule has 5 unspecified atom stereocenters. The Morgan fingerprint density at radius 2 is 1.97 bits per heavy atom. The number of nitrogens with one attached hydrogen (secondary N) is 1. The number of H-pyrrole nitrogens is 1. The lowest BCUT2D eigenvalue weighted by molar-refractivity contribution is -0.104. The lowest BCUT2D eigenvalue weighted by Gasteiger charge is -2.67. The number of benzene rings is 1. The van der Waals surface area contributed by atoms with Crippen molar-refractivity contribution in [3.05, 3.63) is 63.6 Å². The first kappa shape index (κ1) is 21.7. The van der Waals surface area contributed by atoms with Crippen LogP contribution in [0.25, 0.3) is 0 Å². The van der Waals surface area contributed by atoms with Gasteiger partial charge in [0.1, 0.15) is 5.75 Å². The van der Waals surface area contributed by atoms with Crippen LogP contribution < -0.4 is 5.56 Å². The molecule has 1 amide bonds. The topological polar surface area (TPSA) is 76.6 Å². The maximum atomic E-state index is 13.5. The van der Waals surface area contributed by atoms with Gasteiger partial charge >= 0.3 is 0 Å². The second kappa shape index (κ2) is 7.45. The van der Waals surface area contributed by atoms with Crippen LogP contribution in [0.1, 0.15) is 66.4 Å². The molecule has 1 saturated heterocycles. The highest BCUT2D eigenvalue weighted by Crippen LogP contribution is 2.72. The van der Waals surface area contributed by atoms with E-state index in [1.54, 1.807) is 12.3 Å². The minimum absolute atomic E-state index is 0.00958. The molecular weight excluding hydrogens is 438 g/mol. The van der Waals surface area contributed by atoms with Gasteiger partial charge in [-0.15, -0.1) is 0 Å². The number of hydrogen-bond donors (Lipinski definition) is 2. The number of aromatic nitrogens is 1. The number of rotatable bonds is 4. The number of phenolic OH excluding ortho intramolecular Hbond substituents is 1. The fraction of sp³-hybridized carbons (Fsp3) is 0.586. The summed E-state index contributed by atoms with van der Waals surface area (Å²) in [7, 11) is 1.93. The third-order valence-electron chi connectivity index (χ3n) is 10.7. The van der Waals surface area contributed by atoms with E-state index in [9.17, 15) is 14.7 Å². The molecule has 1 aromatic carbocycles. The van der Waals surface area contributed by atoms with Gasteiger partial charge in [-0.1, -0.05) is 6.07 Å². The molecule has 4 bridgehead atoms. The van der Waals surface area contributed by atoms with E-state index in [4.69, 9.17) is 0 Å². The minimum Gasteiger partial charge on any atom is -0.508 e. The van der Waals surface area contributed by atoms with E-state index in [0.717, 1.165) is 44.6 Å². The van der Waals surface area contributed by atoms with Crippen LogP contribution in [-0.4, -0.2) is 58.0 Å². The van der Waals surface area contributed by atoms with Crippen LogP contribution in [0.2, 0.25) is 0 Å². The Hall–Kier alpha value is -2.60. The molecule has 0 radical (unpaired) electrons. The van der Waals surface area contributed by atoms with Crippen LogP contribution in [0.5, 0.6) is 5.75 Å². The van der Waals surface area contributed by atoms with Crippen molar-refractivity contribution in [3.8, 4) is 5.75 Å². The van der Waals surface area contributed by atoms with Crippen LogP contribution in [0, 0.1) is 17.3 Å². The Kier molecular flexibility index (Phi) is 4.61. The van der Waals surface area contributed by atoms with Gasteiger partial charge in [-0.2, -0.15) is 0 Å². The van der Waals surface area contributed by atoms with E-state index in [-0.39, 0.29) is 28.3 Å². The van der Waals surface area contributed by atoms with Crippen LogP contribution >= 0.6 is 0 Å². The van der Waals surface area contributed by atoms with Crippen molar-refractivity contribution in [1.29, 1.82) is 0 Å². The van der Waals surface area contributed by atoms with Gasteiger partial charge in [0.25, 0.3) is 5.91 Å². The number of hydrogen-bond acceptors (Lipinski definition) is 4. The number of aromatic amines is 1. The molecule has 35 heavy (non-hydrogen) atoms. The van der Waals surface area contributed by atoms with Crippen LogP contribution in [-0.2, 0) is 11.8 Å². The Bertz CT molecular complexity index is 1250. The zero-order valence-corrected chi connectivity index (χ0v) is 20.5. The predicted octanol–water partition coefficient (Wildman–Crippen LogP) is 3.69. The fourth-order valence-electron chi connectivity index (χ4n) is 9.16. The number of likely N-dealkylation sites (tertiary alicyclic amines) is 1. The molecule has 1 aliphatic heterocycles. The first-order chi connectivity index (χ1) is 16.9. The van der Waals surface area contributed by atoms with E-state index in [2.05, 4.69) is 22.0 Å². The Morgan fingerprint density at radius 1 is 1.14 bits per heavy atom. The van der Waals surface area contributed by atoms with Gasteiger partial charge in [-0.25, -0.2) is 0 Å². The molecule has 2 aromatic rings. The molecule has 5 atom stereocenters. The van der Waals surface area contributed by atoms with Gasteiger partial charge in [0, 0.05) is 48.9 Å². The smallest absolute Gasteiger partial charge is 0.254 e. The van der Waals surface area contributed by atoms with E-state index in [1.165, 1.54) is 43.0 Å². The number of carbonyl (C=O) groups excluding carboxylic acids is 1. The first-order valence-corrected chi connectivity index (χ1v) is 13.5. The monoisotopic (exact) mass is 473 g/mol. The SMILES string of the molecule is CN(C(=O)c1cc[nH]c(=O)c1)C1CCC23CCC1C21CCN(CC2CC2)C3Cc2ccc(O)cc21. The molecule has 1 aromatic heterocycles. The Balaban J connectivity index is 1.31. The van der Waals surface area contributed by atoms with Crippen molar-refractivity contribution in [2.24, 2.45) is 17.3 Å². The lowest BCUT2D eigenvalue weighted by atomic mass is 9.43. The number of pyridine rings is 1. The van der Waals surface area contributed by atoms with Gasteiger partial charge in [-0.05, 0) is 104 Å². The molecule has 2 heterocycles. The summed E-state index contributed by atoms with van der Waals surface area (Å²) in [6.45, 7) is 2.36. The summed E-state index contributed by atoms with van der Waals surface area (Å²) >= 11 is 0. The summed E-state index contributed by atoms with van der Waals surface area (Å²) < 4.78 is 0. The molecule has 0 spiro atoms. The fourth-order valence-corrected chi connectivity index (χ4v) is 9.16. The van der Waals surface area contributed by atoms with Crippen molar-refractivity contribution >= 4 is 5.91 Å². The Labute approximate surface area is 206 Å². The number of carbonyl (C=O) groups is 1.